The Labute approximate surface area is 167 Å². The van der Waals surface area contributed by atoms with Gasteiger partial charge in [-0.1, -0.05) is 64.4 Å². The number of hydrogen-bond donors (Lipinski definition) is 2. The number of benzene rings is 1. The molecule has 1 aromatic carbocycles. The SMILES string of the molecule is CCCC(OC(=O)N[C@@H]1COC[C@H]1NC(=O)OCc1ccccc1)C(C)(C)C. The summed E-state index contributed by atoms with van der Waals surface area (Å²) < 4.78 is 16.3. The Morgan fingerprint density at radius 2 is 1.71 bits per heavy atom. The molecule has 156 valence electrons. The molecule has 7 nitrogen and oxygen atoms in total. The van der Waals surface area contributed by atoms with Gasteiger partial charge in [-0.25, -0.2) is 9.59 Å². The third-order valence-corrected chi connectivity index (χ3v) is 4.67. The predicted molar refractivity (Wildman–Crippen MR) is 106 cm³/mol. The van der Waals surface area contributed by atoms with Crippen molar-refractivity contribution in [1.82, 2.24) is 10.6 Å². The quantitative estimate of drug-likeness (QED) is 0.740. The molecule has 1 aliphatic rings. The minimum atomic E-state index is -0.543. The molecule has 0 saturated carbocycles. The Balaban J connectivity index is 1.81. The van der Waals surface area contributed by atoms with Crippen molar-refractivity contribution in [2.45, 2.75) is 65.3 Å². The second-order valence-corrected chi connectivity index (χ2v) is 8.15. The van der Waals surface area contributed by atoms with Gasteiger partial charge < -0.3 is 24.8 Å². The smallest absolute Gasteiger partial charge is 0.407 e. The molecule has 0 aromatic heterocycles. The number of carbonyl (C=O) groups is 2. The standard InChI is InChI=1S/C21H32N2O5/c1-5-9-18(21(2,3)4)28-20(25)23-17-14-26-13-16(17)22-19(24)27-12-15-10-7-6-8-11-15/h6-8,10-11,16-18H,5,9,12-14H2,1-4H3,(H,22,24)(H,23,25)/t16-,17-,18?/m1/s1. The molecule has 1 fully saturated rings. The molecule has 2 N–H and O–H groups in total. The van der Waals surface area contributed by atoms with Crippen molar-refractivity contribution in [1.29, 1.82) is 0 Å². The molecule has 2 amide bonds. The zero-order valence-corrected chi connectivity index (χ0v) is 17.2. The average molecular weight is 392 g/mol. The molecule has 28 heavy (non-hydrogen) atoms. The number of carbonyl (C=O) groups excluding carboxylic acids is 2. The molecule has 0 bridgehead atoms. The van der Waals surface area contributed by atoms with Crippen LogP contribution in [0.1, 0.15) is 46.1 Å². The molecule has 0 radical (unpaired) electrons. The third-order valence-electron chi connectivity index (χ3n) is 4.67. The maximum Gasteiger partial charge on any atom is 0.407 e. The lowest BCUT2D eigenvalue weighted by atomic mass is 9.86. The zero-order chi connectivity index (χ0) is 20.6. The molecule has 2 rings (SSSR count). The van der Waals surface area contributed by atoms with Gasteiger partial charge in [0, 0.05) is 0 Å². The van der Waals surface area contributed by atoms with Crippen LogP contribution in [-0.2, 0) is 20.8 Å². The van der Waals surface area contributed by atoms with Gasteiger partial charge >= 0.3 is 12.2 Å². The summed E-state index contributed by atoms with van der Waals surface area (Å²) in [7, 11) is 0. The predicted octanol–water partition coefficient (Wildman–Crippen LogP) is 3.62. The summed E-state index contributed by atoms with van der Waals surface area (Å²) in [6.07, 6.45) is 0.513. The minimum absolute atomic E-state index is 0.140. The Hall–Kier alpha value is -2.28. The maximum absolute atomic E-state index is 12.3. The van der Waals surface area contributed by atoms with E-state index in [1.807, 2.05) is 51.1 Å². The lowest BCUT2D eigenvalue weighted by molar-refractivity contribution is 0.0234. The maximum atomic E-state index is 12.3. The number of nitrogens with one attached hydrogen (secondary N) is 2. The van der Waals surface area contributed by atoms with Crippen LogP contribution in [0.15, 0.2) is 30.3 Å². The van der Waals surface area contributed by atoms with E-state index in [0.29, 0.717) is 13.2 Å². The normalized spacial score (nSPS) is 20.3. The molecule has 0 spiro atoms. The lowest BCUT2D eigenvalue weighted by Crippen LogP contribution is -2.52. The van der Waals surface area contributed by atoms with Gasteiger partial charge in [0.05, 0.1) is 25.3 Å². The Bertz CT molecular complexity index is 629. The number of alkyl carbamates (subject to hydrolysis) is 2. The van der Waals surface area contributed by atoms with E-state index < -0.39 is 12.2 Å². The van der Waals surface area contributed by atoms with Crippen LogP contribution in [0.5, 0.6) is 0 Å². The van der Waals surface area contributed by atoms with E-state index in [1.165, 1.54) is 0 Å². The molecule has 3 atom stereocenters. The van der Waals surface area contributed by atoms with E-state index in [4.69, 9.17) is 14.2 Å². The fraction of sp³-hybridized carbons (Fsp3) is 0.619. The number of hydrogen-bond acceptors (Lipinski definition) is 5. The van der Waals surface area contributed by atoms with Crippen molar-refractivity contribution in [3.8, 4) is 0 Å². The highest BCUT2D eigenvalue weighted by molar-refractivity contribution is 5.69. The molecule has 7 heteroatoms. The van der Waals surface area contributed by atoms with E-state index >= 15 is 0 Å². The molecule has 1 aliphatic heterocycles. The van der Waals surface area contributed by atoms with Gasteiger partial charge in [-0.2, -0.15) is 0 Å². The first-order chi connectivity index (χ1) is 13.3. The van der Waals surface area contributed by atoms with Crippen LogP contribution in [0.4, 0.5) is 9.59 Å². The lowest BCUT2D eigenvalue weighted by Gasteiger charge is -2.31. The highest BCUT2D eigenvalue weighted by Crippen LogP contribution is 2.26. The highest BCUT2D eigenvalue weighted by Gasteiger charge is 2.33. The third kappa shape index (κ3) is 7.03. The van der Waals surface area contributed by atoms with E-state index in [9.17, 15) is 9.59 Å². The van der Waals surface area contributed by atoms with E-state index in [2.05, 4.69) is 17.6 Å². The molecule has 1 heterocycles. The molecule has 1 aromatic rings. The summed E-state index contributed by atoms with van der Waals surface area (Å²) in [5.41, 5.74) is 0.765. The molecular formula is C21H32N2O5. The monoisotopic (exact) mass is 392 g/mol. The first kappa shape index (κ1) is 22.0. The molecule has 1 saturated heterocycles. The summed E-state index contributed by atoms with van der Waals surface area (Å²) >= 11 is 0. The van der Waals surface area contributed by atoms with Crippen LogP contribution in [-0.4, -0.2) is 43.6 Å². The fourth-order valence-electron chi connectivity index (χ4n) is 3.00. The largest absolute Gasteiger partial charge is 0.446 e. The fourth-order valence-corrected chi connectivity index (χ4v) is 3.00. The van der Waals surface area contributed by atoms with Crippen molar-refractivity contribution in [3.63, 3.8) is 0 Å². The first-order valence-electron chi connectivity index (χ1n) is 9.81. The Morgan fingerprint density at radius 3 is 2.29 bits per heavy atom. The van der Waals surface area contributed by atoms with Gasteiger partial charge in [-0.3, -0.25) is 0 Å². The van der Waals surface area contributed by atoms with Crippen molar-refractivity contribution in [2.75, 3.05) is 13.2 Å². The summed E-state index contributed by atoms with van der Waals surface area (Å²) in [5, 5.41) is 5.57. The van der Waals surface area contributed by atoms with Gasteiger partial charge in [0.25, 0.3) is 0 Å². The van der Waals surface area contributed by atoms with Crippen LogP contribution >= 0.6 is 0 Å². The van der Waals surface area contributed by atoms with Crippen molar-refractivity contribution in [3.05, 3.63) is 35.9 Å². The Kier molecular flexibility index (Phi) is 8.11. The van der Waals surface area contributed by atoms with Gasteiger partial charge in [0.1, 0.15) is 12.7 Å². The molecule has 0 aliphatic carbocycles. The second-order valence-electron chi connectivity index (χ2n) is 8.15. The molecular weight excluding hydrogens is 360 g/mol. The van der Waals surface area contributed by atoms with Crippen molar-refractivity contribution >= 4 is 12.2 Å². The van der Waals surface area contributed by atoms with Crippen LogP contribution in [0, 0.1) is 5.41 Å². The van der Waals surface area contributed by atoms with Crippen LogP contribution < -0.4 is 10.6 Å². The number of rotatable bonds is 7. The van der Waals surface area contributed by atoms with Gasteiger partial charge in [-0.05, 0) is 17.4 Å². The van der Waals surface area contributed by atoms with Crippen LogP contribution in [0.3, 0.4) is 0 Å². The average Bonchev–Trinajstić information content (AvgIpc) is 3.06. The van der Waals surface area contributed by atoms with Gasteiger partial charge in [-0.15, -0.1) is 0 Å². The van der Waals surface area contributed by atoms with E-state index in [1.54, 1.807) is 0 Å². The van der Waals surface area contributed by atoms with E-state index in [0.717, 1.165) is 18.4 Å². The summed E-state index contributed by atoms with van der Waals surface area (Å²) in [5.74, 6) is 0. The van der Waals surface area contributed by atoms with Gasteiger partial charge in [0.2, 0.25) is 0 Å². The summed E-state index contributed by atoms with van der Waals surface area (Å²) in [4.78, 5) is 24.4. The van der Waals surface area contributed by atoms with Crippen LogP contribution in [0.2, 0.25) is 0 Å². The summed E-state index contributed by atoms with van der Waals surface area (Å²) in [6.45, 7) is 9.01. The van der Waals surface area contributed by atoms with Gasteiger partial charge in [0.15, 0.2) is 0 Å². The highest BCUT2D eigenvalue weighted by atomic mass is 16.6. The molecule has 1 unspecified atom stereocenters. The summed E-state index contributed by atoms with van der Waals surface area (Å²) in [6, 6.07) is 8.71. The number of amides is 2. The zero-order valence-electron chi connectivity index (χ0n) is 17.2. The van der Waals surface area contributed by atoms with Crippen LogP contribution in [0.25, 0.3) is 0 Å². The van der Waals surface area contributed by atoms with E-state index in [-0.39, 0.29) is 30.2 Å². The second kappa shape index (κ2) is 10.3. The minimum Gasteiger partial charge on any atom is -0.446 e. The van der Waals surface area contributed by atoms with Crippen molar-refractivity contribution in [2.24, 2.45) is 5.41 Å². The topological polar surface area (TPSA) is 85.9 Å². The van der Waals surface area contributed by atoms with Crippen molar-refractivity contribution < 1.29 is 23.8 Å². The first-order valence-corrected chi connectivity index (χ1v) is 9.81. The number of ether oxygens (including phenoxy) is 3. The Morgan fingerprint density at radius 1 is 1.11 bits per heavy atom.